The molecule has 0 atom stereocenters. The van der Waals surface area contributed by atoms with Crippen molar-refractivity contribution in [2.45, 2.75) is 6.54 Å². The summed E-state index contributed by atoms with van der Waals surface area (Å²) in [5.41, 5.74) is 2.53. The molecule has 0 bridgehead atoms. The van der Waals surface area contributed by atoms with E-state index < -0.39 is 0 Å². The predicted octanol–water partition coefficient (Wildman–Crippen LogP) is 4.97. The lowest BCUT2D eigenvalue weighted by atomic mass is 10.2. The number of anilines is 1. The van der Waals surface area contributed by atoms with E-state index in [-0.39, 0.29) is 5.91 Å². The van der Waals surface area contributed by atoms with Gasteiger partial charge in [0.25, 0.3) is 5.91 Å². The van der Waals surface area contributed by atoms with Gasteiger partial charge in [0.2, 0.25) is 5.95 Å². The number of benzene rings is 2. The molecule has 8 heteroatoms. The summed E-state index contributed by atoms with van der Waals surface area (Å²) in [6.45, 7) is 0.432. The zero-order valence-corrected chi connectivity index (χ0v) is 18.0. The zero-order valence-electron chi connectivity index (χ0n) is 17.3. The standard InChI is InChI=1S/C24H20ClN5O2/c1-32-21-10-7-17(8-11-21)9-12-22(31)30-24(27-15-18-4-2-6-20(25)14-18)28-23(29-30)19-5-3-13-26-16-19/h2-14,16H,15H2,1H3,(H,27,28,29). The van der Waals surface area contributed by atoms with E-state index >= 15 is 0 Å². The zero-order chi connectivity index (χ0) is 22.3. The molecule has 0 amide bonds. The van der Waals surface area contributed by atoms with Crippen molar-refractivity contribution in [2.24, 2.45) is 0 Å². The van der Waals surface area contributed by atoms with Gasteiger partial charge in [-0.1, -0.05) is 35.9 Å². The summed E-state index contributed by atoms with van der Waals surface area (Å²) < 4.78 is 6.40. The van der Waals surface area contributed by atoms with Gasteiger partial charge in [0.05, 0.1) is 7.11 Å². The summed E-state index contributed by atoms with van der Waals surface area (Å²) >= 11 is 6.07. The lowest BCUT2D eigenvalue weighted by molar-refractivity contribution is 0.0957. The largest absolute Gasteiger partial charge is 0.497 e. The van der Waals surface area contributed by atoms with E-state index in [9.17, 15) is 4.79 Å². The van der Waals surface area contributed by atoms with Crippen LogP contribution in [0.4, 0.5) is 5.95 Å². The first-order chi connectivity index (χ1) is 15.6. The highest BCUT2D eigenvalue weighted by molar-refractivity contribution is 6.30. The molecule has 4 rings (SSSR count). The minimum Gasteiger partial charge on any atom is -0.497 e. The Hall–Kier alpha value is -3.97. The van der Waals surface area contributed by atoms with Gasteiger partial charge < -0.3 is 10.1 Å². The van der Waals surface area contributed by atoms with Crippen molar-refractivity contribution >= 4 is 29.5 Å². The minimum absolute atomic E-state index is 0.327. The number of hydrogen-bond donors (Lipinski definition) is 1. The summed E-state index contributed by atoms with van der Waals surface area (Å²) in [4.78, 5) is 21.6. The Kier molecular flexibility index (Phi) is 6.57. The average Bonchev–Trinajstić information content (AvgIpc) is 3.27. The number of nitrogens with zero attached hydrogens (tertiary/aromatic N) is 4. The fourth-order valence-electron chi connectivity index (χ4n) is 2.98. The van der Waals surface area contributed by atoms with Crippen molar-refractivity contribution in [2.75, 3.05) is 12.4 Å². The van der Waals surface area contributed by atoms with Crippen LogP contribution >= 0.6 is 11.6 Å². The SMILES string of the molecule is COc1ccc(C=CC(=O)n2nc(-c3cccnc3)nc2NCc2cccc(Cl)c2)cc1. The minimum atomic E-state index is -0.336. The fourth-order valence-corrected chi connectivity index (χ4v) is 3.19. The Bertz CT molecular complexity index is 1240. The van der Waals surface area contributed by atoms with Gasteiger partial charge in [0.1, 0.15) is 5.75 Å². The lowest BCUT2D eigenvalue weighted by Crippen LogP contribution is -2.14. The molecule has 0 radical (unpaired) electrons. The summed E-state index contributed by atoms with van der Waals surface area (Å²) in [5.74, 6) is 1.14. The average molecular weight is 446 g/mol. The number of carbonyl (C=O) groups is 1. The molecule has 2 aromatic carbocycles. The Labute approximate surface area is 190 Å². The number of halogens is 1. The maximum absolute atomic E-state index is 12.9. The van der Waals surface area contributed by atoms with Gasteiger partial charge in [-0.15, -0.1) is 5.10 Å². The maximum Gasteiger partial charge on any atom is 0.274 e. The number of rotatable bonds is 7. The van der Waals surface area contributed by atoms with E-state index in [4.69, 9.17) is 16.3 Å². The summed E-state index contributed by atoms with van der Waals surface area (Å²) in [5, 5.41) is 8.23. The second-order valence-electron chi connectivity index (χ2n) is 6.84. The van der Waals surface area contributed by atoms with Crippen molar-refractivity contribution in [1.29, 1.82) is 0 Å². The van der Waals surface area contributed by atoms with E-state index in [1.165, 1.54) is 10.8 Å². The highest BCUT2D eigenvalue weighted by Gasteiger charge is 2.16. The number of carbonyl (C=O) groups excluding carboxylic acids is 1. The highest BCUT2D eigenvalue weighted by atomic mass is 35.5. The maximum atomic E-state index is 12.9. The number of hydrogen-bond acceptors (Lipinski definition) is 6. The molecule has 0 spiro atoms. The van der Waals surface area contributed by atoms with E-state index in [1.54, 1.807) is 31.6 Å². The molecule has 0 saturated carbocycles. The molecule has 32 heavy (non-hydrogen) atoms. The number of aromatic nitrogens is 4. The molecule has 0 fully saturated rings. The van der Waals surface area contributed by atoms with Crippen LogP contribution in [0.1, 0.15) is 15.9 Å². The summed E-state index contributed by atoms with van der Waals surface area (Å²) in [6.07, 6.45) is 6.49. The number of allylic oxidation sites excluding steroid dienone is 1. The Morgan fingerprint density at radius 2 is 2.00 bits per heavy atom. The molecule has 0 aliphatic rings. The van der Waals surface area contributed by atoms with Gasteiger partial charge in [-0.25, -0.2) is 0 Å². The van der Waals surface area contributed by atoms with Crippen LogP contribution in [0, 0.1) is 0 Å². The van der Waals surface area contributed by atoms with Crippen molar-refractivity contribution < 1.29 is 9.53 Å². The Morgan fingerprint density at radius 1 is 1.16 bits per heavy atom. The molecule has 0 saturated heterocycles. The molecule has 4 aromatic rings. The second-order valence-corrected chi connectivity index (χ2v) is 7.28. The fraction of sp³-hybridized carbons (Fsp3) is 0.0833. The predicted molar refractivity (Wildman–Crippen MR) is 125 cm³/mol. The number of methoxy groups -OCH3 is 1. The van der Waals surface area contributed by atoms with Gasteiger partial charge in [-0.05, 0) is 53.6 Å². The van der Waals surface area contributed by atoms with Crippen molar-refractivity contribution in [3.8, 4) is 17.1 Å². The van der Waals surface area contributed by atoms with Crippen LogP contribution in [-0.2, 0) is 6.54 Å². The van der Waals surface area contributed by atoms with E-state index in [0.29, 0.717) is 28.9 Å². The van der Waals surface area contributed by atoms with Gasteiger partial charge in [-0.2, -0.15) is 9.67 Å². The molecule has 1 N–H and O–H groups in total. The third-order valence-corrected chi connectivity index (χ3v) is 4.84. The molecule has 2 aromatic heterocycles. The monoisotopic (exact) mass is 445 g/mol. The van der Waals surface area contributed by atoms with Crippen LogP contribution < -0.4 is 10.1 Å². The molecular formula is C24H20ClN5O2. The van der Waals surface area contributed by atoms with Crippen LogP contribution in [0.3, 0.4) is 0 Å². The Balaban J connectivity index is 1.59. The number of ether oxygens (including phenoxy) is 1. The summed E-state index contributed by atoms with van der Waals surface area (Å²) in [7, 11) is 1.61. The molecular weight excluding hydrogens is 426 g/mol. The lowest BCUT2D eigenvalue weighted by Gasteiger charge is -2.06. The molecule has 0 unspecified atom stereocenters. The van der Waals surface area contributed by atoms with Gasteiger partial charge >= 0.3 is 0 Å². The topological polar surface area (TPSA) is 81.9 Å². The molecule has 0 aliphatic carbocycles. The number of pyridine rings is 1. The first-order valence-electron chi connectivity index (χ1n) is 9.84. The molecule has 2 heterocycles. The third-order valence-electron chi connectivity index (χ3n) is 4.61. The van der Waals surface area contributed by atoms with Gasteiger partial charge in [0.15, 0.2) is 5.82 Å². The van der Waals surface area contributed by atoms with Crippen LogP contribution in [0.25, 0.3) is 17.5 Å². The highest BCUT2D eigenvalue weighted by Crippen LogP contribution is 2.19. The molecule has 160 valence electrons. The van der Waals surface area contributed by atoms with Crippen molar-refractivity contribution in [3.05, 3.63) is 95.3 Å². The van der Waals surface area contributed by atoms with E-state index in [2.05, 4.69) is 20.4 Å². The Morgan fingerprint density at radius 3 is 2.72 bits per heavy atom. The van der Waals surface area contributed by atoms with Gasteiger partial charge in [0, 0.05) is 35.6 Å². The quantitative estimate of drug-likeness (QED) is 0.404. The van der Waals surface area contributed by atoms with Crippen LogP contribution in [-0.4, -0.2) is 32.8 Å². The van der Waals surface area contributed by atoms with Crippen LogP contribution in [0.5, 0.6) is 5.75 Å². The van der Waals surface area contributed by atoms with Crippen LogP contribution in [0.2, 0.25) is 5.02 Å². The smallest absolute Gasteiger partial charge is 0.274 e. The first kappa shape index (κ1) is 21.3. The van der Waals surface area contributed by atoms with Crippen LogP contribution in [0.15, 0.2) is 79.1 Å². The molecule has 0 aliphatic heterocycles. The first-order valence-corrected chi connectivity index (χ1v) is 10.2. The number of nitrogens with one attached hydrogen (secondary N) is 1. The van der Waals surface area contributed by atoms with Crippen molar-refractivity contribution in [1.82, 2.24) is 19.7 Å². The normalized spacial score (nSPS) is 10.9. The molecule has 7 nitrogen and oxygen atoms in total. The second kappa shape index (κ2) is 9.89. The van der Waals surface area contributed by atoms with Gasteiger partial charge in [-0.3, -0.25) is 9.78 Å². The third kappa shape index (κ3) is 5.19. The van der Waals surface area contributed by atoms with Crippen molar-refractivity contribution in [3.63, 3.8) is 0 Å². The van der Waals surface area contributed by atoms with E-state index in [1.807, 2.05) is 54.6 Å². The van der Waals surface area contributed by atoms with E-state index in [0.717, 1.165) is 16.9 Å². The summed E-state index contributed by atoms with van der Waals surface area (Å²) in [6, 6.07) is 18.5.